The van der Waals surface area contributed by atoms with Gasteiger partial charge in [-0.3, -0.25) is 4.79 Å². The minimum Gasteiger partial charge on any atom is -0.338 e. The lowest BCUT2D eigenvalue weighted by atomic mass is 10.1. The highest BCUT2D eigenvalue weighted by Gasteiger charge is 2.16. The fourth-order valence-electron chi connectivity index (χ4n) is 1.41. The van der Waals surface area contributed by atoms with E-state index >= 15 is 0 Å². The van der Waals surface area contributed by atoms with E-state index in [9.17, 15) is 9.18 Å². The second-order valence-electron chi connectivity index (χ2n) is 3.67. The number of hydrogen-bond donors (Lipinski definition) is 0. The van der Waals surface area contributed by atoms with E-state index in [-0.39, 0.29) is 17.8 Å². The Kier molecular flexibility index (Phi) is 4.80. The van der Waals surface area contributed by atoms with Crippen LogP contribution in [0.3, 0.4) is 0 Å². The summed E-state index contributed by atoms with van der Waals surface area (Å²) in [6.45, 7) is 1.94. The Morgan fingerprint density at radius 1 is 1.44 bits per heavy atom. The number of hydrogen-bond acceptors (Lipinski definition) is 2. The van der Waals surface area contributed by atoms with Crippen molar-refractivity contribution in [2.45, 2.75) is 13.0 Å². The lowest BCUT2D eigenvalue weighted by Gasteiger charge is -2.25. The van der Waals surface area contributed by atoms with Crippen molar-refractivity contribution in [3.05, 3.63) is 35.6 Å². The summed E-state index contributed by atoms with van der Waals surface area (Å²) in [5.41, 5.74) is 0.943. The monoisotopic (exact) mass is 241 g/mol. The maximum atomic E-state index is 12.7. The summed E-state index contributed by atoms with van der Waals surface area (Å²) in [6.07, 6.45) is 1.90. The number of amides is 1. The summed E-state index contributed by atoms with van der Waals surface area (Å²) < 4.78 is 12.7. The predicted octanol–water partition coefficient (Wildman–Crippen LogP) is 2.71. The summed E-state index contributed by atoms with van der Waals surface area (Å²) in [5, 5.41) is 0. The van der Waals surface area contributed by atoms with Gasteiger partial charge in [-0.2, -0.15) is 11.8 Å². The Morgan fingerprint density at radius 3 is 2.50 bits per heavy atom. The highest BCUT2D eigenvalue weighted by molar-refractivity contribution is 7.99. The van der Waals surface area contributed by atoms with E-state index in [0.29, 0.717) is 5.75 Å². The molecular weight excluding hydrogens is 225 g/mol. The maximum absolute atomic E-state index is 12.7. The highest BCUT2D eigenvalue weighted by atomic mass is 32.2. The van der Waals surface area contributed by atoms with Gasteiger partial charge in [0.05, 0.1) is 11.8 Å². The molecule has 0 aliphatic rings. The predicted molar refractivity (Wildman–Crippen MR) is 66.0 cm³/mol. The third-order valence-corrected chi connectivity index (χ3v) is 3.13. The minimum atomic E-state index is -0.256. The molecule has 1 atom stereocenters. The van der Waals surface area contributed by atoms with Crippen LogP contribution in [-0.4, -0.2) is 29.9 Å². The van der Waals surface area contributed by atoms with Crippen LogP contribution in [0.1, 0.15) is 18.5 Å². The molecule has 1 unspecified atom stereocenters. The fraction of sp³-hybridized carbons (Fsp3) is 0.417. The van der Waals surface area contributed by atoms with Crippen molar-refractivity contribution < 1.29 is 9.18 Å². The van der Waals surface area contributed by atoms with Gasteiger partial charge in [0.1, 0.15) is 5.82 Å². The van der Waals surface area contributed by atoms with Gasteiger partial charge in [0, 0.05) is 7.05 Å². The summed E-state index contributed by atoms with van der Waals surface area (Å²) in [5.74, 6) is 0.306. The Labute approximate surface area is 99.8 Å². The number of benzene rings is 1. The van der Waals surface area contributed by atoms with Gasteiger partial charge in [-0.15, -0.1) is 0 Å². The first-order valence-electron chi connectivity index (χ1n) is 5.06. The van der Waals surface area contributed by atoms with Gasteiger partial charge in [-0.1, -0.05) is 12.1 Å². The standard InChI is InChI=1S/C12H16FNOS/c1-9(14(2)12(15)8-16-3)10-4-6-11(13)7-5-10/h4-7,9H,8H2,1-3H3. The van der Waals surface area contributed by atoms with Gasteiger partial charge < -0.3 is 4.90 Å². The molecule has 0 spiro atoms. The first-order valence-corrected chi connectivity index (χ1v) is 6.45. The number of rotatable bonds is 4. The van der Waals surface area contributed by atoms with E-state index < -0.39 is 0 Å². The van der Waals surface area contributed by atoms with Crippen molar-refractivity contribution in [2.75, 3.05) is 19.1 Å². The molecule has 0 aliphatic heterocycles. The molecule has 0 bridgehead atoms. The van der Waals surface area contributed by atoms with Gasteiger partial charge >= 0.3 is 0 Å². The first kappa shape index (κ1) is 13.0. The van der Waals surface area contributed by atoms with Crippen molar-refractivity contribution in [1.82, 2.24) is 4.90 Å². The van der Waals surface area contributed by atoms with E-state index in [0.717, 1.165) is 5.56 Å². The molecule has 0 heterocycles. The Morgan fingerprint density at radius 2 is 2.00 bits per heavy atom. The van der Waals surface area contributed by atoms with Gasteiger partial charge in [0.25, 0.3) is 0 Å². The van der Waals surface area contributed by atoms with E-state index in [1.54, 1.807) is 24.1 Å². The second-order valence-corrected chi connectivity index (χ2v) is 4.53. The zero-order chi connectivity index (χ0) is 12.1. The molecule has 0 aliphatic carbocycles. The third kappa shape index (κ3) is 3.23. The van der Waals surface area contributed by atoms with Crippen LogP contribution in [0.25, 0.3) is 0 Å². The molecule has 0 fully saturated rings. The van der Waals surface area contributed by atoms with Crippen LogP contribution >= 0.6 is 11.8 Å². The van der Waals surface area contributed by atoms with Gasteiger partial charge in [-0.05, 0) is 30.9 Å². The molecule has 16 heavy (non-hydrogen) atoms. The first-order chi connectivity index (χ1) is 7.56. The van der Waals surface area contributed by atoms with Crippen LogP contribution in [0, 0.1) is 5.82 Å². The molecule has 0 saturated heterocycles. The molecule has 88 valence electrons. The van der Waals surface area contributed by atoms with Gasteiger partial charge in [0.15, 0.2) is 0 Å². The fourth-order valence-corrected chi connectivity index (χ4v) is 1.86. The summed E-state index contributed by atoms with van der Waals surface area (Å²) in [4.78, 5) is 13.3. The lowest BCUT2D eigenvalue weighted by molar-refractivity contribution is -0.128. The van der Waals surface area contributed by atoms with Gasteiger partial charge in [-0.25, -0.2) is 4.39 Å². The van der Waals surface area contributed by atoms with Crippen LogP contribution in [-0.2, 0) is 4.79 Å². The van der Waals surface area contributed by atoms with Crippen molar-refractivity contribution in [1.29, 1.82) is 0 Å². The van der Waals surface area contributed by atoms with Crippen LogP contribution < -0.4 is 0 Å². The average Bonchev–Trinajstić information content (AvgIpc) is 2.28. The second kappa shape index (κ2) is 5.89. The molecule has 0 aromatic heterocycles. The van der Waals surface area contributed by atoms with Crippen LogP contribution in [0.4, 0.5) is 4.39 Å². The average molecular weight is 241 g/mol. The van der Waals surface area contributed by atoms with Crippen LogP contribution in [0.5, 0.6) is 0 Å². The molecule has 4 heteroatoms. The normalized spacial score (nSPS) is 12.2. The topological polar surface area (TPSA) is 20.3 Å². The van der Waals surface area contributed by atoms with E-state index in [1.165, 1.54) is 23.9 Å². The SMILES string of the molecule is CSCC(=O)N(C)C(C)c1ccc(F)cc1. The number of thioether (sulfide) groups is 1. The summed E-state index contributed by atoms with van der Waals surface area (Å²) in [6, 6.07) is 6.23. The molecule has 0 saturated carbocycles. The van der Waals surface area contributed by atoms with E-state index in [4.69, 9.17) is 0 Å². The number of carbonyl (C=O) groups is 1. The largest absolute Gasteiger partial charge is 0.338 e. The van der Waals surface area contributed by atoms with Crippen molar-refractivity contribution in [3.63, 3.8) is 0 Å². The molecule has 1 aromatic carbocycles. The number of halogens is 1. The van der Waals surface area contributed by atoms with E-state index in [1.807, 2.05) is 13.2 Å². The van der Waals surface area contributed by atoms with Crippen molar-refractivity contribution >= 4 is 17.7 Å². The molecule has 0 radical (unpaired) electrons. The molecule has 0 N–H and O–H groups in total. The maximum Gasteiger partial charge on any atom is 0.232 e. The highest BCUT2D eigenvalue weighted by Crippen LogP contribution is 2.19. The van der Waals surface area contributed by atoms with E-state index in [2.05, 4.69) is 0 Å². The molecule has 2 nitrogen and oxygen atoms in total. The zero-order valence-electron chi connectivity index (χ0n) is 9.74. The molecular formula is C12H16FNOS. The van der Waals surface area contributed by atoms with Crippen molar-refractivity contribution in [2.24, 2.45) is 0 Å². The smallest absolute Gasteiger partial charge is 0.232 e. The Balaban J connectivity index is 2.73. The number of carbonyl (C=O) groups excluding carboxylic acids is 1. The number of nitrogens with zero attached hydrogens (tertiary/aromatic N) is 1. The molecule has 1 aromatic rings. The lowest BCUT2D eigenvalue weighted by Crippen LogP contribution is -2.30. The summed E-state index contributed by atoms with van der Waals surface area (Å²) >= 11 is 1.50. The quantitative estimate of drug-likeness (QED) is 0.808. The molecule has 1 rings (SSSR count). The Hall–Kier alpha value is -1.03. The van der Waals surface area contributed by atoms with Crippen molar-refractivity contribution in [3.8, 4) is 0 Å². The molecule has 1 amide bonds. The third-order valence-electron chi connectivity index (χ3n) is 2.59. The van der Waals surface area contributed by atoms with Gasteiger partial charge in [0.2, 0.25) is 5.91 Å². The van der Waals surface area contributed by atoms with Crippen LogP contribution in [0.15, 0.2) is 24.3 Å². The summed E-state index contributed by atoms with van der Waals surface area (Å²) in [7, 11) is 1.77. The minimum absolute atomic E-state index is 0.0275. The van der Waals surface area contributed by atoms with Crippen LogP contribution in [0.2, 0.25) is 0 Å². The Bertz CT molecular complexity index is 353. The zero-order valence-corrected chi connectivity index (χ0v) is 10.6.